The molecule has 2 nitrogen and oxygen atoms in total. The highest BCUT2D eigenvalue weighted by Crippen LogP contribution is 2.46. The van der Waals surface area contributed by atoms with Crippen LogP contribution in [0.4, 0.5) is 0 Å². The van der Waals surface area contributed by atoms with Crippen LogP contribution in [-0.4, -0.2) is 13.8 Å². The smallest absolute Gasteiger partial charge is 0.228 e. The normalized spacial score (nSPS) is 20.3. The maximum atomic E-state index is 12.4. The van der Waals surface area contributed by atoms with E-state index in [2.05, 4.69) is 58.9 Å². The van der Waals surface area contributed by atoms with Gasteiger partial charge in [-0.05, 0) is 70.6 Å². The van der Waals surface area contributed by atoms with E-state index < -0.39 is 7.37 Å². The molecule has 0 fully saturated rings. The Morgan fingerprint density at radius 2 is 1.54 bits per heavy atom. The van der Waals surface area contributed by atoms with Crippen molar-refractivity contribution in [2.75, 3.05) is 13.8 Å². The second kappa shape index (κ2) is 7.32. The van der Waals surface area contributed by atoms with Gasteiger partial charge in [-0.2, -0.15) is 0 Å². The minimum Gasteiger partial charge on any atom is -0.329 e. The van der Waals surface area contributed by atoms with Gasteiger partial charge in [0.15, 0.2) is 0 Å². The van der Waals surface area contributed by atoms with Gasteiger partial charge < -0.3 is 4.52 Å². The molecule has 0 saturated heterocycles. The second-order valence-corrected chi connectivity index (χ2v) is 12.0. The summed E-state index contributed by atoms with van der Waals surface area (Å²) >= 11 is 0. The molecule has 0 spiro atoms. The molecule has 1 atom stereocenters. The molecule has 0 amide bonds. The van der Waals surface area contributed by atoms with Crippen molar-refractivity contribution in [1.29, 1.82) is 0 Å². The molecule has 1 aliphatic rings. The van der Waals surface area contributed by atoms with Crippen LogP contribution in [0.3, 0.4) is 0 Å². The Morgan fingerprint density at radius 1 is 0.964 bits per heavy atom. The zero-order valence-electron chi connectivity index (χ0n) is 18.3. The van der Waals surface area contributed by atoms with Crippen molar-refractivity contribution >= 4 is 24.3 Å². The molecule has 0 saturated carbocycles. The lowest BCUT2D eigenvalue weighted by atomic mass is 9.63. The van der Waals surface area contributed by atoms with Gasteiger partial charge in [0, 0.05) is 19.1 Å². The van der Waals surface area contributed by atoms with Crippen molar-refractivity contribution in [2.24, 2.45) is 0 Å². The van der Waals surface area contributed by atoms with Crippen LogP contribution in [0.15, 0.2) is 42.5 Å². The van der Waals surface area contributed by atoms with Crippen LogP contribution in [0.5, 0.6) is 0 Å². The van der Waals surface area contributed by atoms with Crippen LogP contribution in [0.2, 0.25) is 0 Å². The predicted octanol–water partition coefficient (Wildman–Crippen LogP) is 6.78. The zero-order valence-corrected chi connectivity index (χ0v) is 19.2. The summed E-state index contributed by atoms with van der Waals surface area (Å²) in [5, 5.41) is 0.752. The molecular formula is C25H33O2P. The largest absolute Gasteiger partial charge is 0.329 e. The van der Waals surface area contributed by atoms with E-state index in [4.69, 9.17) is 4.52 Å². The molecule has 3 heteroatoms. The third kappa shape index (κ3) is 4.04. The lowest BCUT2D eigenvalue weighted by Crippen LogP contribution is -2.33. The van der Waals surface area contributed by atoms with E-state index >= 15 is 0 Å². The Labute approximate surface area is 170 Å². The van der Waals surface area contributed by atoms with Gasteiger partial charge in [-0.1, -0.05) is 64.1 Å². The van der Waals surface area contributed by atoms with Crippen molar-refractivity contribution in [3.05, 3.63) is 64.7 Å². The summed E-state index contributed by atoms with van der Waals surface area (Å²) in [5.74, 6) is 0. The first kappa shape index (κ1) is 21.1. The van der Waals surface area contributed by atoms with E-state index in [1.54, 1.807) is 6.66 Å². The monoisotopic (exact) mass is 396 g/mol. The van der Waals surface area contributed by atoms with Crippen LogP contribution in [0, 0.1) is 0 Å². The minimum absolute atomic E-state index is 0.214. The molecule has 2 aromatic carbocycles. The van der Waals surface area contributed by atoms with Crippen molar-refractivity contribution in [3.8, 4) is 0 Å². The zero-order chi connectivity index (χ0) is 20.7. The van der Waals surface area contributed by atoms with Crippen LogP contribution in [0.1, 0.15) is 69.7 Å². The molecule has 2 aromatic rings. The van der Waals surface area contributed by atoms with Gasteiger partial charge in [-0.25, -0.2) is 0 Å². The molecular weight excluding hydrogens is 363 g/mol. The van der Waals surface area contributed by atoms with Crippen LogP contribution in [0.25, 0.3) is 11.6 Å². The van der Waals surface area contributed by atoms with E-state index in [1.807, 2.05) is 24.3 Å². The van der Waals surface area contributed by atoms with E-state index in [9.17, 15) is 4.57 Å². The first-order valence-corrected chi connectivity index (χ1v) is 12.1. The molecule has 3 rings (SSSR count). The van der Waals surface area contributed by atoms with Gasteiger partial charge in [0.2, 0.25) is 7.37 Å². The minimum atomic E-state index is -2.70. The van der Waals surface area contributed by atoms with Gasteiger partial charge in [-0.3, -0.25) is 4.57 Å². The summed E-state index contributed by atoms with van der Waals surface area (Å²) in [5.41, 5.74) is 7.04. The fourth-order valence-corrected chi connectivity index (χ4v) is 5.02. The summed E-state index contributed by atoms with van der Waals surface area (Å²) in [6.45, 7) is 13.3. The second-order valence-electron chi connectivity index (χ2n) is 9.48. The van der Waals surface area contributed by atoms with Gasteiger partial charge in [-0.15, -0.1) is 0 Å². The van der Waals surface area contributed by atoms with Crippen molar-refractivity contribution in [3.63, 3.8) is 0 Å². The lowest BCUT2D eigenvalue weighted by molar-refractivity contribution is 0.332. The molecule has 0 aliphatic heterocycles. The lowest BCUT2D eigenvalue weighted by Gasteiger charge is -2.42. The molecule has 1 aliphatic carbocycles. The summed E-state index contributed by atoms with van der Waals surface area (Å²) in [7, 11) is -1.20. The Morgan fingerprint density at radius 3 is 2.11 bits per heavy atom. The number of fused-ring (bicyclic) bond motifs is 1. The molecule has 0 bridgehead atoms. The average Bonchev–Trinajstić information content (AvgIpc) is 2.65. The average molecular weight is 397 g/mol. The first-order chi connectivity index (χ1) is 13.0. The van der Waals surface area contributed by atoms with Gasteiger partial charge in [0.05, 0.1) is 0 Å². The van der Waals surface area contributed by atoms with E-state index in [1.165, 1.54) is 42.2 Å². The van der Waals surface area contributed by atoms with E-state index in [-0.39, 0.29) is 10.8 Å². The summed E-state index contributed by atoms with van der Waals surface area (Å²) < 4.78 is 17.5. The first-order valence-electron chi connectivity index (χ1n) is 10.0. The third-order valence-corrected chi connectivity index (χ3v) is 8.33. The Bertz CT molecular complexity index is 949. The number of rotatable bonds is 4. The van der Waals surface area contributed by atoms with Crippen LogP contribution in [-0.2, 0) is 19.9 Å². The summed E-state index contributed by atoms with van der Waals surface area (Å²) in [6.07, 6.45) is 4.65. The molecule has 0 heterocycles. The molecule has 1 unspecified atom stereocenters. The van der Waals surface area contributed by atoms with Gasteiger partial charge >= 0.3 is 0 Å². The summed E-state index contributed by atoms with van der Waals surface area (Å²) in [4.78, 5) is 0. The van der Waals surface area contributed by atoms with Crippen LogP contribution >= 0.6 is 7.37 Å². The number of hydrogen-bond donors (Lipinski definition) is 0. The van der Waals surface area contributed by atoms with Gasteiger partial charge in [0.25, 0.3) is 0 Å². The molecule has 0 radical (unpaired) electrons. The molecule has 0 N–H and O–H groups in total. The number of allylic oxidation sites excluding steroid dienone is 1. The highest BCUT2D eigenvalue weighted by Gasteiger charge is 2.36. The molecule has 0 aromatic heterocycles. The molecule has 28 heavy (non-hydrogen) atoms. The standard InChI is InChI=1S/C25H33O2P/c1-18(16-19-8-11-21(12-9-19)28(7,26)27-6)20-10-13-22-23(17-20)25(4,5)15-14-24(22,2)3/h8-13,16-17H,14-15H2,1-7H3/b18-16+. The number of hydrogen-bond acceptors (Lipinski definition) is 2. The highest BCUT2D eigenvalue weighted by atomic mass is 31.2. The van der Waals surface area contributed by atoms with Crippen molar-refractivity contribution < 1.29 is 9.09 Å². The Balaban J connectivity index is 1.95. The Hall–Kier alpha value is -1.63. The fourth-order valence-electron chi connectivity index (χ4n) is 4.11. The topological polar surface area (TPSA) is 26.3 Å². The van der Waals surface area contributed by atoms with Crippen molar-refractivity contribution in [1.82, 2.24) is 0 Å². The maximum absolute atomic E-state index is 12.4. The summed E-state index contributed by atoms with van der Waals surface area (Å²) in [6, 6.07) is 14.8. The highest BCUT2D eigenvalue weighted by molar-refractivity contribution is 7.66. The van der Waals surface area contributed by atoms with Crippen LogP contribution < -0.4 is 5.30 Å². The SMILES string of the molecule is COP(C)(=O)c1ccc(/C=C(\C)c2ccc3c(c2)C(C)(C)CCC3(C)C)cc1. The van der Waals surface area contributed by atoms with E-state index in [0.29, 0.717) is 0 Å². The molecule has 150 valence electrons. The van der Waals surface area contributed by atoms with Gasteiger partial charge in [0.1, 0.15) is 0 Å². The third-order valence-electron chi connectivity index (χ3n) is 6.40. The predicted molar refractivity (Wildman–Crippen MR) is 122 cm³/mol. The Kier molecular flexibility index (Phi) is 5.51. The maximum Gasteiger partial charge on any atom is 0.228 e. The fraction of sp³-hybridized carbons (Fsp3) is 0.440. The quantitative estimate of drug-likeness (QED) is 0.421. The number of benzene rings is 2. The van der Waals surface area contributed by atoms with E-state index in [0.717, 1.165) is 10.9 Å². The van der Waals surface area contributed by atoms with Crippen molar-refractivity contribution in [2.45, 2.75) is 58.3 Å².